The molecule has 0 bridgehead atoms. The van der Waals surface area contributed by atoms with Crippen molar-refractivity contribution in [2.24, 2.45) is 5.41 Å². The number of carbonyl (C=O) groups is 2. The Morgan fingerprint density at radius 3 is 2.75 bits per heavy atom. The van der Waals surface area contributed by atoms with Crippen molar-refractivity contribution in [2.75, 3.05) is 24.5 Å². The summed E-state index contributed by atoms with van der Waals surface area (Å²) in [4.78, 5) is 33.5. The van der Waals surface area contributed by atoms with Crippen molar-refractivity contribution in [1.29, 1.82) is 0 Å². The lowest BCUT2D eigenvalue weighted by Crippen LogP contribution is -2.49. The summed E-state index contributed by atoms with van der Waals surface area (Å²) in [5.74, 6) is 0.173. The van der Waals surface area contributed by atoms with Crippen LogP contribution in [-0.4, -0.2) is 41.3 Å². The Balaban J connectivity index is 1.55. The lowest BCUT2D eigenvalue weighted by atomic mass is 9.78. The second-order valence-electron chi connectivity index (χ2n) is 6.53. The molecule has 2 saturated heterocycles. The molecule has 0 unspecified atom stereocenters. The summed E-state index contributed by atoms with van der Waals surface area (Å²) in [5.41, 5.74) is 1.21. The summed E-state index contributed by atoms with van der Waals surface area (Å²) in [7, 11) is 0. The fourth-order valence-corrected chi connectivity index (χ4v) is 4.48. The number of anilines is 1. The molecule has 2 aliphatic heterocycles. The molecule has 2 aromatic heterocycles. The second-order valence-corrected chi connectivity index (χ2v) is 7.31. The maximum absolute atomic E-state index is 13.1. The number of hydrogen-bond donors (Lipinski definition) is 0. The summed E-state index contributed by atoms with van der Waals surface area (Å²) >= 11 is 1.60. The van der Waals surface area contributed by atoms with Gasteiger partial charge in [0.15, 0.2) is 0 Å². The SMILES string of the molecule is O=C(c1ccncc1)N1CCC[C@]2(CCN(c3ccsc3)C2=O)C1. The Labute approximate surface area is 144 Å². The van der Waals surface area contributed by atoms with Crippen molar-refractivity contribution in [3.63, 3.8) is 0 Å². The largest absolute Gasteiger partial charge is 0.338 e. The van der Waals surface area contributed by atoms with Gasteiger partial charge in [-0.15, -0.1) is 0 Å². The first-order valence-corrected chi connectivity index (χ1v) is 9.17. The Hall–Kier alpha value is -2.21. The van der Waals surface area contributed by atoms with Crippen LogP contribution in [0.25, 0.3) is 0 Å². The predicted octanol–water partition coefficient (Wildman–Crippen LogP) is 2.80. The normalized spacial score (nSPS) is 23.9. The van der Waals surface area contributed by atoms with E-state index in [0.29, 0.717) is 18.7 Å². The highest BCUT2D eigenvalue weighted by Gasteiger charge is 2.50. The number of aromatic nitrogens is 1. The zero-order chi connectivity index (χ0) is 16.6. The monoisotopic (exact) mass is 341 g/mol. The summed E-state index contributed by atoms with van der Waals surface area (Å²) in [6.07, 6.45) is 5.83. The van der Waals surface area contributed by atoms with Crippen LogP contribution in [0.2, 0.25) is 0 Å². The fraction of sp³-hybridized carbons (Fsp3) is 0.389. The molecule has 4 heterocycles. The van der Waals surface area contributed by atoms with E-state index in [-0.39, 0.29) is 11.8 Å². The number of carbonyl (C=O) groups excluding carboxylic acids is 2. The van der Waals surface area contributed by atoms with Crippen LogP contribution in [0.4, 0.5) is 5.69 Å². The van der Waals surface area contributed by atoms with E-state index in [1.165, 1.54) is 0 Å². The molecule has 5 nitrogen and oxygen atoms in total. The molecule has 2 aliphatic rings. The lowest BCUT2D eigenvalue weighted by Gasteiger charge is -2.39. The van der Waals surface area contributed by atoms with Crippen LogP contribution in [0.5, 0.6) is 0 Å². The molecule has 0 radical (unpaired) electrons. The average molecular weight is 341 g/mol. The summed E-state index contributed by atoms with van der Waals surface area (Å²) in [5, 5.41) is 4.01. The van der Waals surface area contributed by atoms with Gasteiger partial charge in [0.05, 0.1) is 11.1 Å². The molecular weight excluding hydrogens is 322 g/mol. The minimum atomic E-state index is -0.414. The van der Waals surface area contributed by atoms with Crippen LogP contribution in [0, 0.1) is 5.41 Å². The van der Waals surface area contributed by atoms with Crippen LogP contribution < -0.4 is 4.90 Å². The number of amides is 2. The molecule has 2 aromatic rings. The maximum atomic E-state index is 13.1. The van der Waals surface area contributed by atoms with Crippen molar-refractivity contribution < 1.29 is 9.59 Å². The number of thiophene rings is 1. The molecule has 0 aliphatic carbocycles. The highest BCUT2D eigenvalue weighted by molar-refractivity contribution is 7.08. The molecular formula is C18H19N3O2S. The van der Waals surface area contributed by atoms with Crippen LogP contribution >= 0.6 is 11.3 Å². The fourth-order valence-electron chi connectivity index (χ4n) is 3.84. The van der Waals surface area contributed by atoms with Gasteiger partial charge in [0, 0.05) is 43.0 Å². The third-order valence-corrected chi connectivity index (χ3v) is 5.79. The Morgan fingerprint density at radius 1 is 1.17 bits per heavy atom. The Kier molecular flexibility index (Phi) is 3.84. The minimum absolute atomic E-state index is 0.00161. The number of nitrogens with zero attached hydrogens (tertiary/aromatic N) is 3. The third kappa shape index (κ3) is 2.51. The van der Waals surface area contributed by atoms with E-state index < -0.39 is 5.41 Å². The summed E-state index contributed by atoms with van der Waals surface area (Å²) in [6.45, 7) is 1.98. The molecule has 24 heavy (non-hydrogen) atoms. The quantitative estimate of drug-likeness (QED) is 0.844. The van der Waals surface area contributed by atoms with Crippen LogP contribution in [0.3, 0.4) is 0 Å². The van der Waals surface area contributed by atoms with Gasteiger partial charge >= 0.3 is 0 Å². The van der Waals surface area contributed by atoms with Crippen molar-refractivity contribution in [3.05, 3.63) is 46.9 Å². The van der Waals surface area contributed by atoms with E-state index in [4.69, 9.17) is 0 Å². The smallest absolute Gasteiger partial charge is 0.253 e. The van der Waals surface area contributed by atoms with E-state index in [1.54, 1.807) is 35.9 Å². The first kappa shape index (κ1) is 15.3. The average Bonchev–Trinajstić information content (AvgIpc) is 3.25. The molecule has 124 valence electrons. The first-order valence-electron chi connectivity index (χ1n) is 8.23. The van der Waals surface area contributed by atoms with Crippen LogP contribution in [-0.2, 0) is 4.79 Å². The summed E-state index contributed by atoms with van der Waals surface area (Å²) < 4.78 is 0. The highest BCUT2D eigenvalue weighted by Crippen LogP contribution is 2.42. The van der Waals surface area contributed by atoms with Crippen molar-refractivity contribution >= 4 is 28.8 Å². The molecule has 1 spiro atoms. The summed E-state index contributed by atoms with van der Waals surface area (Å²) in [6, 6.07) is 5.46. The zero-order valence-corrected chi connectivity index (χ0v) is 14.2. The third-order valence-electron chi connectivity index (χ3n) is 5.12. The van der Waals surface area contributed by atoms with Crippen LogP contribution in [0.15, 0.2) is 41.4 Å². The minimum Gasteiger partial charge on any atom is -0.338 e. The standard InChI is InChI=1S/C18H19N3O2S/c22-16(14-2-7-19-8-3-14)20-9-1-5-18(13-20)6-10-21(17(18)23)15-4-11-24-12-15/h2-4,7-8,11-12H,1,5-6,9-10,13H2/t18-/m0/s1. The molecule has 0 saturated carbocycles. The van der Waals surface area contributed by atoms with E-state index in [9.17, 15) is 9.59 Å². The molecule has 1 atom stereocenters. The van der Waals surface area contributed by atoms with Crippen molar-refractivity contribution in [2.45, 2.75) is 19.3 Å². The highest BCUT2D eigenvalue weighted by atomic mass is 32.1. The number of likely N-dealkylation sites (tertiary alicyclic amines) is 1. The molecule has 4 rings (SSSR count). The van der Waals surface area contributed by atoms with E-state index in [1.807, 2.05) is 26.6 Å². The number of hydrogen-bond acceptors (Lipinski definition) is 4. The lowest BCUT2D eigenvalue weighted by molar-refractivity contribution is -0.127. The molecule has 6 heteroatoms. The van der Waals surface area contributed by atoms with Crippen molar-refractivity contribution in [3.8, 4) is 0 Å². The van der Waals surface area contributed by atoms with Crippen molar-refractivity contribution in [1.82, 2.24) is 9.88 Å². The zero-order valence-electron chi connectivity index (χ0n) is 13.4. The van der Waals surface area contributed by atoms with Gasteiger partial charge in [-0.1, -0.05) is 0 Å². The molecule has 2 fully saturated rings. The van der Waals surface area contributed by atoms with Gasteiger partial charge in [-0.05, 0) is 42.8 Å². The molecule has 0 N–H and O–H groups in total. The van der Waals surface area contributed by atoms with Gasteiger partial charge in [0.2, 0.25) is 5.91 Å². The van der Waals surface area contributed by atoms with E-state index in [0.717, 1.165) is 31.5 Å². The van der Waals surface area contributed by atoms with Gasteiger partial charge < -0.3 is 9.80 Å². The molecule has 0 aromatic carbocycles. The van der Waals surface area contributed by atoms with Gasteiger partial charge in [-0.3, -0.25) is 14.6 Å². The Bertz CT molecular complexity index is 747. The van der Waals surface area contributed by atoms with Crippen LogP contribution in [0.1, 0.15) is 29.6 Å². The van der Waals surface area contributed by atoms with Gasteiger partial charge in [0.1, 0.15) is 0 Å². The maximum Gasteiger partial charge on any atom is 0.253 e. The van der Waals surface area contributed by atoms with Gasteiger partial charge in [0.25, 0.3) is 5.91 Å². The predicted molar refractivity (Wildman–Crippen MR) is 93.1 cm³/mol. The van der Waals surface area contributed by atoms with E-state index >= 15 is 0 Å². The van der Waals surface area contributed by atoms with Gasteiger partial charge in [-0.2, -0.15) is 11.3 Å². The Morgan fingerprint density at radius 2 is 2.00 bits per heavy atom. The number of piperidine rings is 1. The topological polar surface area (TPSA) is 53.5 Å². The van der Waals surface area contributed by atoms with Gasteiger partial charge in [-0.25, -0.2) is 0 Å². The second kappa shape index (κ2) is 6.02. The number of pyridine rings is 1. The first-order chi connectivity index (χ1) is 11.7. The number of rotatable bonds is 2. The van der Waals surface area contributed by atoms with E-state index in [2.05, 4.69) is 4.98 Å². The molecule has 2 amide bonds.